The van der Waals surface area contributed by atoms with E-state index in [2.05, 4.69) is 10.3 Å². The Labute approximate surface area is 109 Å². The summed E-state index contributed by atoms with van der Waals surface area (Å²) in [5, 5.41) is 13.4. The molecule has 1 atom stereocenters. The molecule has 6 nitrogen and oxygen atoms in total. The van der Waals surface area contributed by atoms with Gasteiger partial charge in [0.05, 0.1) is 4.92 Å². The molecule has 0 saturated carbocycles. The zero-order chi connectivity index (χ0) is 13.7. The number of carbonyl (C=O) groups excluding carboxylic acids is 1. The maximum absolute atomic E-state index is 11.9. The first kappa shape index (κ1) is 12.7. The highest BCUT2D eigenvalue weighted by Crippen LogP contribution is 2.13. The van der Waals surface area contributed by atoms with E-state index >= 15 is 0 Å². The number of nitro groups is 1. The van der Waals surface area contributed by atoms with E-state index in [1.54, 1.807) is 42.5 Å². The topological polar surface area (TPSA) is 85.1 Å². The zero-order valence-electron chi connectivity index (χ0n) is 9.89. The van der Waals surface area contributed by atoms with Crippen LogP contribution in [-0.2, 0) is 0 Å². The van der Waals surface area contributed by atoms with Crippen molar-refractivity contribution in [3.63, 3.8) is 0 Å². The molecule has 1 heterocycles. The molecule has 2 aromatic rings. The summed E-state index contributed by atoms with van der Waals surface area (Å²) in [6, 6.07) is 13.1. The molecule has 1 N–H and O–H groups in total. The fourth-order valence-electron chi connectivity index (χ4n) is 1.59. The van der Waals surface area contributed by atoms with E-state index in [-0.39, 0.29) is 5.69 Å². The van der Waals surface area contributed by atoms with Gasteiger partial charge in [-0.3, -0.25) is 25.2 Å². The quantitative estimate of drug-likeness (QED) is 0.514. The van der Waals surface area contributed by atoms with Gasteiger partial charge < -0.3 is 0 Å². The third-order valence-electron chi connectivity index (χ3n) is 2.49. The lowest BCUT2D eigenvalue weighted by molar-refractivity contribution is -0.533. The van der Waals surface area contributed by atoms with Gasteiger partial charge in [0.15, 0.2) is 0 Å². The van der Waals surface area contributed by atoms with Gasteiger partial charge in [-0.05, 0) is 12.1 Å². The first-order valence-electron chi connectivity index (χ1n) is 5.59. The van der Waals surface area contributed by atoms with Crippen LogP contribution in [0.1, 0.15) is 22.2 Å². The van der Waals surface area contributed by atoms with Crippen molar-refractivity contribution in [1.82, 2.24) is 10.3 Å². The number of nitrogens with zero attached hydrogens (tertiary/aromatic N) is 2. The maximum atomic E-state index is 11.9. The van der Waals surface area contributed by atoms with Crippen LogP contribution in [0.15, 0.2) is 54.7 Å². The Bertz CT molecular complexity index is 572. The average Bonchev–Trinajstić information content (AvgIpc) is 2.46. The van der Waals surface area contributed by atoms with Gasteiger partial charge in [-0.25, -0.2) is 0 Å². The van der Waals surface area contributed by atoms with E-state index in [4.69, 9.17) is 0 Å². The highest BCUT2D eigenvalue weighted by atomic mass is 16.6. The summed E-state index contributed by atoms with van der Waals surface area (Å²) in [5.74, 6) is -0.578. The minimum absolute atomic E-state index is 0.144. The Kier molecular flexibility index (Phi) is 3.82. The molecular formula is C13H11N3O3. The molecule has 0 radical (unpaired) electrons. The van der Waals surface area contributed by atoms with Crippen LogP contribution < -0.4 is 5.32 Å². The Balaban J connectivity index is 2.19. The number of nitrogens with one attached hydrogen (secondary N) is 1. The van der Waals surface area contributed by atoms with Crippen molar-refractivity contribution < 1.29 is 9.72 Å². The van der Waals surface area contributed by atoms with Gasteiger partial charge in [0.25, 0.3) is 5.91 Å². The molecule has 1 amide bonds. The molecular weight excluding hydrogens is 246 g/mol. The molecule has 0 fully saturated rings. The van der Waals surface area contributed by atoms with Crippen molar-refractivity contribution in [3.05, 3.63) is 76.1 Å². The van der Waals surface area contributed by atoms with Gasteiger partial charge in [0.1, 0.15) is 5.69 Å². The van der Waals surface area contributed by atoms with Crippen molar-refractivity contribution in [1.29, 1.82) is 0 Å². The second-order valence-corrected chi connectivity index (χ2v) is 3.79. The van der Waals surface area contributed by atoms with Crippen molar-refractivity contribution in [2.45, 2.75) is 6.17 Å². The van der Waals surface area contributed by atoms with E-state index in [1.165, 1.54) is 12.3 Å². The lowest BCUT2D eigenvalue weighted by Gasteiger charge is -2.11. The van der Waals surface area contributed by atoms with Crippen LogP contribution in [0.2, 0.25) is 0 Å². The second kappa shape index (κ2) is 5.72. The molecule has 1 aromatic heterocycles. The van der Waals surface area contributed by atoms with Crippen molar-refractivity contribution in [2.75, 3.05) is 0 Å². The molecule has 96 valence electrons. The fourth-order valence-corrected chi connectivity index (χ4v) is 1.59. The largest absolute Gasteiger partial charge is 0.313 e. The van der Waals surface area contributed by atoms with Crippen LogP contribution in [0.25, 0.3) is 0 Å². The smallest absolute Gasteiger partial charge is 0.284 e. The molecule has 19 heavy (non-hydrogen) atoms. The molecule has 1 unspecified atom stereocenters. The minimum Gasteiger partial charge on any atom is -0.284 e. The second-order valence-electron chi connectivity index (χ2n) is 3.79. The molecule has 0 aliphatic carbocycles. The normalized spacial score (nSPS) is 11.6. The maximum Gasteiger partial charge on any atom is 0.313 e. The average molecular weight is 257 g/mol. The number of amides is 1. The van der Waals surface area contributed by atoms with Crippen molar-refractivity contribution in [3.8, 4) is 0 Å². The SMILES string of the molecule is O=C(NC(c1ccccc1)[N+](=O)[O-])c1ccccn1. The third kappa shape index (κ3) is 3.12. The summed E-state index contributed by atoms with van der Waals surface area (Å²) in [4.78, 5) is 26.2. The van der Waals surface area contributed by atoms with Gasteiger partial charge in [0, 0.05) is 11.8 Å². The number of aromatic nitrogens is 1. The van der Waals surface area contributed by atoms with Gasteiger partial charge in [-0.2, -0.15) is 0 Å². The molecule has 0 aliphatic rings. The van der Waals surface area contributed by atoms with Gasteiger partial charge in [-0.15, -0.1) is 0 Å². The van der Waals surface area contributed by atoms with Gasteiger partial charge in [0.2, 0.25) is 0 Å². The van der Waals surface area contributed by atoms with Crippen LogP contribution in [0.3, 0.4) is 0 Å². The number of pyridine rings is 1. The molecule has 0 aliphatic heterocycles. The lowest BCUT2D eigenvalue weighted by atomic mass is 10.2. The highest BCUT2D eigenvalue weighted by Gasteiger charge is 2.25. The van der Waals surface area contributed by atoms with Crippen LogP contribution in [-0.4, -0.2) is 15.8 Å². The summed E-state index contributed by atoms with van der Waals surface area (Å²) < 4.78 is 0. The van der Waals surface area contributed by atoms with Gasteiger partial charge in [-0.1, -0.05) is 36.4 Å². The van der Waals surface area contributed by atoms with Crippen molar-refractivity contribution >= 4 is 5.91 Å². The van der Waals surface area contributed by atoms with Crippen LogP contribution in [0, 0.1) is 10.1 Å². The summed E-state index contributed by atoms with van der Waals surface area (Å²) >= 11 is 0. The van der Waals surface area contributed by atoms with E-state index < -0.39 is 17.0 Å². The Morgan fingerprint density at radius 3 is 2.42 bits per heavy atom. The molecule has 0 bridgehead atoms. The number of carbonyl (C=O) groups is 1. The molecule has 0 spiro atoms. The minimum atomic E-state index is -1.28. The Morgan fingerprint density at radius 1 is 1.16 bits per heavy atom. The molecule has 2 rings (SSSR count). The van der Waals surface area contributed by atoms with E-state index in [0.29, 0.717) is 5.56 Å². The number of rotatable bonds is 4. The summed E-state index contributed by atoms with van der Waals surface area (Å²) in [5.41, 5.74) is 0.557. The number of hydrogen-bond acceptors (Lipinski definition) is 4. The summed E-state index contributed by atoms with van der Waals surface area (Å²) in [6.45, 7) is 0. The summed E-state index contributed by atoms with van der Waals surface area (Å²) in [6.07, 6.45) is 0.175. The predicted molar refractivity (Wildman–Crippen MR) is 67.9 cm³/mol. The van der Waals surface area contributed by atoms with E-state index in [1.807, 2.05) is 0 Å². The van der Waals surface area contributed by atoms with Crippen LogP contribution in [0.5, 0.6) is 0 Å². The predicted octanol–water partition coefficient (Wildman–Crippen LogP) is 1.79. The number of hydrogen-bond donors (Lipinski definition) is 1. The van der Waals surface area contributed by atoms with E-state index in [9.17, 15) is 14.9 Å². The van der Waals surface area contributed by atoms with Crippen molar-refractivity contribution in [2.24, 2.45) is 0 Å². The lowest BCUT2D eigenvalue weighted by Crippen LogP contribution is -2.33. The number of benzene rings is 1. The molecule has 0 saturated heterocycles. The first-order chi connectivity index (χ1) is 9.18. The monoisotopic (exact) mass is 257 g/mol. The van der Waals surface area contributed by atoms with Gasteiger partial charge >= 0.3 is 6.17 Å². The highest BCUT2D eigenvalue weighted by molar-refractivity contribution is 5.92. The first-order valence-corrected chi connectivity index (χ1v) is 5.59. The van der Waals surface area contributed by atoms with E-state index in [0.717, 1.165) is 0 Å². The fraction of sp³-hybridized carbons (Fsp3) is 0.0769. The Morgan fingerprint density at radius 2 is 1.84 bits per heavy atom. The third-order valence-corrected chi connectivity index (χ3v) is 2.49. The van der Waals surface area contributed by atoms with Crippen LogP contribution >= 0.6 is 0 Å². The standard InChI is InChI=1S/C13H11N3O3/c17-13(11-8-4-5-9-14-11)15-12(16(18)19)10-6-2-1-3-7-10/h1-9,12H,(H,15,17). The molecule has 1 aromatic carbocycles. The molecule has 6 heteroatoms. The summed E-state index contributed by atoms with van der Waals surface area (Å²) in [7, 11) is 0. The Hall–Kier alpha value is -2.76. The van der Waals surface area contributed by atoms with Crippen LogP contribution in [0.4, 0.5) is 0 Å². The zero-order valence-corrected chi connectivity index (χ0v) is 9.89.